The highest BCUT2D eigenvalue weighted by molar-refractivity contribution is 5.99. The minimum Gasteiger partial charge on any atom is -0.397 e. The van der Waals surface area contributed by atoms with E-state index in [9.17, 15) is 4.79 Å². The van der Waals surface area contributed by atoms with Crippen molar-refractivity contribution in [1.82, 2.24) is 14.7 Å². The third-order valence-electron chi connectivity index (χ3n) is 3.45. The van der Waals surface area contributed by atoms with E-state index in [0.29, 0.717) is 17.1 Å². The number of nitrogens with zero attached hydrogens (tertiary/aromatic N) is 3. The molecule has 0 unspecified atom stereocenters. The summed E-state index contributed by atoms with van der Waals surface area (Å²) in [5, 5.41) is 7.80. The maximum absolute atomic E-state index is 12.5. The number of benzene rings is 1. The zero-order chi connectivity index (χ0) is 16.4. The average Bonchev–Trinajstić information content (AvgIpc) is 2.77. The van der Waals surface area contributed by atoms with E-state index in [0.717, 1.165) is 11.4 Å². The topological polar surface area (TPSA) is 76.2 Å². The SMILES string of the molecule is CC(C)c1nn(C)c(C(=O)N(C)C)c1Nc1ccccc1N. The average molecular weight is 301 g/mol. The molecule has 0 aliphatic rings. The first-order valence-electron chi connectivity index (χ1n) is 7.23. The Kier molecular flexibility index (Phi) is 4.40. The Labute approximate surface area is 130 Å². The second-order valence-corrected chi connectivity index (χ2v) is 5.80. The number of aromatic nitrogens is 2. The van der Waals surface area contributed by atoms with Crippen molar-refractivity contribution in [2.45, 2.75) is 19.8 Å². The zero-order valence-electron chi connectivity index (χ0n) is 13.7. The van der Waals surface area contributed by atoms with Crippen molar-refractivity contribution in [3.63, 3.8) is 0 Å². The summed E-state index contributed by atoms with van der Waals surface area (Å²) < 4.78 is 1.62. The third kappa shape index (κ3) is 2.90. The van der Waals surface area contributed by atoms with Crippen LogP contribution in [0.4, 0.5) is 17.1 Å². The van der Waals surface area contributed by atoms with Crippen LogP contribution in [0.25, 0.3) is 0 Å². The van der Waals surface area contributed by atoms with Crippen LogP contribution >= 0.6 is 0 Å². The fourth-order valence-corrected chi connectivity index (χ4v) is 2.27. The van der Waals surface area contributed by atoms with Gasteiger partial charge in [0.25, 0.3) is 5.91 Å². The van der Waals surface area contributed by atoms with Gasteiger partial charge in [-0.25, -0.2) is 0 Å². The van der Waals surface area contributed by atoms with Crippen LogP contribution in [0.3, 0.4) is 0 Å². The molecule has 0 radical (unpaired) electrons. The molecule has 2 aromatic rings. The van der Waals surface area contributed by atoms with Gasteiger partial charge in [-0.05, 0) is 18.1 Å². The summed E-state index contributed by atoms with van der Waals surface area (Å²) in [6.45, 7) is 4.09. The van der Waals surface area contributed by atoms with Crippen molar-refractivity contribution in [3.8, 4) is 0 Å². The van der Waals surface area contributed by atoms with Gasteiger partial charge in [0.2, 0.25) is 0 Å². The standard InChI is InChI=1S/C16H23N5O/c1-10(2)13-14(18-12-9-7-6-8-11(12)17)15(21(5)19-13)16(22)20(3)4/h6-10,18H,17H2,1-5H3. The number of amides is 1. The minimum atomic E-state index is -0.0982. The fourth-order valence-electron chi connectivity index (χ4n) is 2.27. The molecule has 22 heavy (non-hydrogen) atoms. The molecule has 6 heteroatoms. The van der Waals surface area contributed by atoms with E-state index < -0.39 is 0 Å². The van der Waals surface area contributed by atoms with E-state index >= 15 is 0 Å². The Bertz CT molecular complexity index is 688. The van der Waals surface area contributed by atoms with Crippen LogP contribution in [0.15, 0.2) is 24.3 Å². The molecular weight excluding hydrogens is 278 g/mol. The van der Waals surface area contributed by atoms with Gasteiger partial charge in [-0.15, -0.1) is 0 Å². The smallest absolute Gasteiger partial charge is 0.273 e. The summed E-state index contributed by atoms with van der Waals surface area (Å²) in [6, 6.07) is 7.48. The Morgan fingerprint density at radius 1 is 1.32 bits per heavy atom. The Morgan fingerprint density at radius 2 is 1.95 bits per heavy atom. The molecule has 6 nitrogen and oxygen atoms in total. The van der Waals surface area contributed by atoms with Crippen molar-refractivity contribution < 1.29 is 4.79 Å². The van der Waals surface area contributed by atoms with E-state index in [1.165, 1.54) is 0 Å². The number of nitrogens with two attached hydrogens (primary N) is 1. The molecule has 1 aromatic heterocycles. The van der Waals surface area contributed by atoms with Crippen LogP contribution in [-0.4, -0.2) is 34.7 Å². The van der Waals surface area contributed by atoms with E-state index in [-0.39, 0.29) is 11.8 Å². The number of para-hydroxylation sites is 2. The van der Waals surface area contributed by atoms with Crippen LogP contribution in [0.1, 0.15) is 35.9 Å². The molecule has 118 valence electrons. The van der Waals surface area contributed by atoms with Crippen molar-refractivity contribution >= 4 is 23.0 Å². The van der Waals surface area contributed by atoms with Crippen molar-refractivity contribution in [3.05, 3.63) is 35.7 Å². The molecule has 0 fully saturated rings. The Morgan fingerprint density at radius 3 is 2.50 bits per heavy atom. The maximum Gasteiger partial charge on any atom is 0.273 e. The molecule has 0 aliphatic heterocycles. The van der Waals surface area contributed by atoms with Crippen molar-refractivity contribution in [2.75, 3.05) is 25.1 Å². The second kappa shape index (κ2) is 6.09. The highest BCUT2D eigenvalue weighted by Crippen LogP contribution is 2.32. The third-order valence-corrected chi connectivity index (χ3v) is 3.45. The molecule has 0 aliphatic carbocycles. The van der Waals surface area contributed by atoms with Crippen LogP contribution in [-0.2, 0) is 7.05 Å². The van der Waals surface area contributed by atoms with Crippen LogP contribution in [0, 0.1) is 0 Å². The van der Waals surface area contributed by atoms with Crippen molar-refractivity contribution in [2.24, 2.45) is 7.05 Å². The largest absolute Gasteiger partial charge is 0.397 e. The normalized spacial score (nSPS) is 10.8. The summed E-state index contributed by atoms with van der Waals surface area (Å²) in [7, 11) is 5.23. The van der Waals surface area contributed by atoms with Gasteiger partial charge in [0, 0.05) is 21.1 Å². The summed E-state index contributed by atoms with van der Waals surface area (Å²) in [5.74, 6) is 0.0845. The van der Waals surface area contributed by atoms with Crippen molar-refractivity contribution in [1.29, 1.82) is 0 Å². The van der Waals surface area contributed by atoms with E-state index in [4.69, 9.17) is 5.73 Å². The lowest BCUT2D eigenvalue weighted by Gasteiger charge is -2.15. The predicted octanol–water partition coefficient (Wildman–Crippen LogP) is 2.57. The van der Waals surface area contributed by atoms with Gasteiger partial charge in [0.1, 0.15) is 5.69 Å². The van der Waals surface area contributed by atoms with E-state index in [1.54, 1.807) is 30.7 Å². The van der Waals surface area contributed by atoms with Gasteiger partial charge in [-0.1, -0.05) is 26.0 Å². The summed E-state index contributed by atoms with van der Waals surface area (Å²) in [6.07, 6.45) is 0. The van der Waals surface area contributed by atoms with Crippen LogP contribution in [0.2, 0.25) is 0 Å². The molecule has 2 rings (SSSR count). The van der Waals surface area contributed by atoms with Gasteiger partial charge in [-0.3, -0.25) is 9.48 Å². The van der Waals surface area contributed by atoms with Crippen LogP contribution < -0.4 is 11.1 Å². The Balaban J connectivity index is 2.57. The van der Waals surface area contributed by atoms with Crippen LogP contribution in [0.5, 0.6) is 0 Å². The lowest BCUT2D eigenvalue weighted by molar-refractivity contribution is 0.0818. The second-order valence-electron chi connectivity index (χ2n) is 5.80. The molecule has 3 N–H and O–H groups in total. The molecule has 1 amide bonds. The molecule has 1 heterocycles. The number of hydrogen-bond acceptors (Lipinski definition) is 4. The number of carbonyl (C=O) groups is 1. The number of hydrogen-bond donors (Lipinski definition) is 2. The first kappa shape index (κ1) is 15.9. The maximum atomic E-state index is 12.5. The Hall–Kier alpha value is -2.50. The van der Waals surface area contributed by atoms with E-state index in [1.807, 2.05) is 38.1 Å². The van der Waals surface area contributed by atoms with Gasteiger partial charge in [0.05, 0.1) is 22.8 Å². The number of nitrogen functional groups attached to an aromatic ring is 1. The number of nitrogens with one attached hydrogen (secondary N) is 1. The highest BCUT2D eigenvalue weighted by Gasteiger charge is 2.25. The van der Waals surface area contributed by atoms with E-state index in [2.05, 4.69) is 10.4 Å². The zero-order valence-corrected chi connectivity index (χ0v) is 13.7. The molecule has 0 saturated heterocycles. The molecular formula is C16H23N5O. The molecule has 0 spiro atoms. The fraction of sp³-hybridized carbons (Fsp3) is 0.375. The molecule has 0 bridgehead atoms. The molecule has 0 atom stereocenters. The molecule has 1 aromatic carbocycles. The number of aryl methyl sites for hydroxylation is 1. The minimum absolute atomic E-state index is 0.0982. The van der Waals surface area contributed by atoms with Gasteiger partial charge >= 0.3 is 0 Å². The first-order valence-corrected chi connectivity index (χ1v) is 7.23. The van der Waals surface area contributed by atoms with Gasteiger partial charge in [0.15, 0.2) is 0 Å². The summed E-state index contributed by atoms with van der Waals surface area (Å²) >= 11 is 0. The monoisotopic (exact) mass is 301 g/mol. The lowest BCUT2D eigenvalue weighted by atomic mass is 10.1. The number of carbonyl (C=O) groups excluding carboxylic acids is 1. The summed E-state index contributed by atoms with van der Waals surface area (Å²) in [4.78, 5) is 14.0. The quantitative estimate of drug-likeness (QED) is 0.851. The van der Waals surface area contributed by atoms with Gasteiger partial charge < -0.3 is 16.0 Å². The number of anilines is 3. The first-order chi connectivity index (χ1) is 10.3. The predicted molar refractivity (Wildman–Crippen MR) is 89.5 cm³/mol. The lowest BCUT2D eigenvalue weighted by Crippen LogP contribution is -2.25. The number of rotatable bonds is 4. The van der Waals surface area contributed by atoms with Gasteiger partial charge in [-0.2, -0.15) is 5.10 Å². The summed E-state index contributed by atoms with van der Waals surface area (Å²) in [5.41, 5.74) is 9.49. The molecule has 0 saturated carbocycles. The highest BCUT2D eigenvalue weighted by atomic mass is 16.2.